The molecule has 0 aromatic heterocycles. The molecule has 1 aliphatic rings. The maximum absolute atomic E-state index is 11.6. The van der Waals surface area contributed by atoms with Crippen molar-refractivity contribution in [2.45, 2.75) is 37.6 Å². The number of nitrogens with zero attached hydrogens (tertiary/aromatic N) is 2. The Bertz CT molecular complexity index is 657. The van der Waals surface area contributed by atoms with E-state index in [9.17, 15) is 18.5 Å². The molecule has 116 valence electrons. The van der Waals surface area contributed by atoms with Crippen LogP contribution >= 0.6 is 0 Å². The van der Waals surface area contributed by atoms with Crippen molar-refractivity contribution in [1.29, 1.82) is 0 Å². The van der Waals surface area contributed by atoms with Gasteiger partial charge in [-0.25, -0.2) is 8.42 Å². The number of piperidine rings is 1. The van der Waals surface area contributed by atoms with Gasteiger partial charge in [0.15, 0.2) is 9.84 Å². The Kier molecular flexibility index (Phi) is 4.22. The van der Waals surface area contributed by atoms with E-state index in [-0.39, 0.29) is 16.6 Å². The predicted molar refractivity (Wildman–Crippen MR) is 81.4 cm³/mol. The average molecular weight is 312 g/mol. The molecule has 2 rings (SSSR count). The highest BCUT2D eigenvalue weighted by molar-refractivity contribution is 7.90. The molecule has 21 heavy (non-hydrogen) atoms. The normalized spacial score (nSPS) is 23.1. The lowest BCUT2D eigenvalue weighted by Crippen LogP contribution is -2.40. The van der Waals surface area contributed by atoms with Gasteiger partial charge < -0.3 is 4.90 Å². The van der Waals surface area contributed by atoms with Gasteiger partial charge >= 0.3 is 0 Å². The van der Waals surface area contributed by atoms with E-state index in [1.807, 2.05) is 0 Å². The first kappa shape index (κ1) is 15.8. The lowest BCUT2D eigenvalue weighted by Gasteiger charge is -2.38. The van der Waals surface area contributed by atoms with E-state index >= 15 is 0 Å². The van der Waals surface area contributed by atoms with E-state index in [1.54, 1.807) is 6.07 Å². The molecule has 1 aromatic carbocycles. The Balaban J connectivity index is 2.43. The number of hydrogen-bond acceptors (Lipinski definition) is 5. The third-order valence-corrected chi connectivity index (χ3v) is 5.15. The smallest absolute Gasteiger partial charge is 0.290 e. The number of sulfone groups is 1. The van der Waals surface area contributed by atoms with Gasteiger partial charge in [0, 0.05) is 30.6 Å². The molecule has 6 nitrogen and oxygen atoms in total. The summed E-state index contributed by atoms with van der Waals surface area (Å²) in [7, 11) is -3.61. The summed E-state index contributed by atoms with van der Waals surface area (Å²) < 4.78 is 23.3. The lowest BCUT2D eigenvalue weighted by molar-refractivity contribution is -0.387. The number of nitro benzene ring substituents is 1. The molecule has 2 unspecified atom stereocenters. The van der Waals surface area contributed by atoms with Crippen molar-refractivity contribution in [3.05, 3.63) is 28.3 Å². The molecule has 0 radical (unpaired) electrons. The first-order valence-electron chi connectivity index (χ1n) is 6.95. The Hall–Kier alpha value is -1.63. The molecular weight excluding hydrogens is 292 g/mol. The molecule has 7 heteroatoms. The van der Waals surface area contributed by atoms with Crippen LogP contribution in [-0.4, -0.2) is 32.2 Å². The molecule has 0 saturated carbocycles. The second kappa shape index (κ2) is 5.63. The average Bonchev–Trinajstić information content (AvgIpc) is 2.37. The SMILES string of the molecule is CC1CCN(c2ccc(S(C)(=O)=O)c([N+](=O)[O-])c2)C(C)C1. The zero-order valence-corrected chi connectivity index (χ0v) is 13.3. The van der Waals surface area contributed by atoms with Crippen LogP contribution in [0.15, 0.2) is 23.1 Å². The fraction of sp³-hybridized carbons (Fsp3) is 0.571. The first-order chi connectivity index (χ1) is 9.70. The van der Waals surface area contributed by atoms with Crippen molar-refractivity contribution in [2.24, 2.45) is 5.92 Å². The first-order valence-corrected chi connectivity index (χ1v) is 8.84. The molecule has 0 amide bonds. The van der Waals surface area contributed by atoms with Crippen LogP contribution in [0.2, 0.25) is 0 Å². The van der Waals surface area contributed by atoms with Crippen molar-refractivity contribution in [3.8, 4) is 0 Å². The van der Waals surface area contributed by atoms with Gasteiger partial charge in [-0.2, -0.15) is 0 Å². The number of benzene rings is 1. The van der Waals surface area contributed by atoms with Crippen LogP contribution in [0.25, 0.3) is 0 Å². The third kappa shape index (κ3) is 3.34. The van der Waals surface area contributed by atoms with Crippen LogP contribution in [-0.2, 0) is 9.84 Å². The van der Waals surface area contributed by atoms with Gasteiger partial charge in [-0.3, -0.25) is 10.1 Å². The summed E-state index contributed by atoms with van der Waals surface area (Å²) in [6, 6.07) is 4.67. The van der Waals surface area contributed by atoms with E-state index < -0.39 is 14.8 Å². The summed E-state index contributed by atoms with van der Waals surface area (Å²) in [5.41, 5.74) is 0.370. The molecule has 1 saturated heterocycles. The van der Waals surface area contributed by atoms with Crippen molar-refractivity contribution < 1.29 is 13.3 Å². The molecule has 1 aliphatic heterocycles. The van der Waals surface area contributed by atoms with Gasteiger partial charge in [0.1, 0.15) is 4.90 Å². The minimum atomic E-state index is -3.61. The summed E-state index contributed by atoms with van der Waals surface area (Å²) >= 11 is 0. The highest BCUT2D eigenvalue weighted by Gasteiger charge is 2.27. The van der Waals surface area contributed by atoms with Crippen molar-refractivity contribution >= 4 is 21.2 Å². The van der Waals surface area contributed by atoms with E-state index in [0.29, 0.717) is 11.6 Å². The van der Waals surface area contributed by atoms with Crippen LogP contribution in [0, 0.1) is 16.0 Å². The van der Waals surface area contributed by atoms with E-state index in [2.05, 4.69) is 18.7 Å². The van der Waals surface area contributed by atoms with Gasteiger partial charge in [-0.15, -0.1) is 0 Å². The molecule has 0 N–H and O–H groups in total. The second-order valence-corrected chi connectivity index (χ2v) is 7.84. The highest BCUT2D eigenvalue weighted by Crippen LogP contribution is 2.33. The number of hydrogen-bond donors (Lipinski definition) is 0. The third-order valence-electron chi connectivity index (χ3n) is 4.01. The molecule has 0 aliphatic carbocycles. The molecule has 1 heterocycles. The monoisotopic (exact) mass is 312 g/mol. The van der Waals surface area contributed by atoms with Crippen molar-refractivity contribution in [3.63, 3.8) is 0 Å². The zero-order valence-electron chi connectivity index (χ0n) is 12.4. The molecule has 1 aromatic rings. The standard InChI is InChI=1S/C14H20N2O4S/c1-10-6-7-15(11(2)8-10)12-4-5-14(21(3,19)20)13(9-12)16(17)18/h4-5,9-11H,6-8H2,1-3H3. The maximum atomic E-state index is 11.6. The summed E-state index contributed by atoms with van der Waals surface area (Å²) in [4.78, 5) is 12.4. The fourth-order valence-electron chi connectivity index (χ4n) is 2.93. The van der Waals surface area contributed by atoms with E-state index in [1.165, 1.54) is 12.1 Å². The van der Waals surface area contributed by atoms with Gasteiger partial charge in [-0.05, 0) is 37.8 Å². The Morgan fingerprint density at radius 3 is 2.52 bits per heavy atom. The number of nitro groups is 1. The van der Waals surface area contributed by atoms with Crippen LogP contribution in [0.1, 0.15) is 26.7 Å². The predicted octanol–water partition coefficient (Wildman–Crippen LogP) is 2.62. The summed E-state index contributed by atoms with van der Waals surface area (Å²) in [5.74, 6) is 0.640. The molecule has 1 fully saturated rings. The molecule has 0 spiro atoms. The number of anilines is 1. The Morgan fingerprint density at radius 2 is 2.00 bits per heavy atom. The topological polar surface area (TPSA) is 80.5 Å². The molecule has 0 bridgehead atoms. The van der Waals surface area contributed by atoms with Crippen LogP contribution < -0.4 is 4.90 Å². The fourth-order valence-corrected chi connectivity index (χ4v) is 3.76. The zero-order chi connectivity index (χ0) is 15.8. The van der Waals surface area contributed by atoms with Gasteiger partial charge in [0.2, 0.25) is 0 Å². The van der Waals surface area contributed by atoms with Crippen molar-refractivity contribution in [2.75, 3.05) is 17.7 Å². The summed E-state index contributed by atoms with van der Waals surface area (Å²) in [6.07, 6.45) is 3.05. The molecular formula is C14H20N2O4S. The maximum Gasteiger partial charge on any atom is 0.290 e. The minimum Gasteiger partial charge on any atom is -0.369 e. The Morgan fingerprint density at radius 1 is 1.33 bits per heavy atom. The quantitative estimate of drug-likeness (QED) is 0.633. The highest BCUT2D eigenvalue weighted by atomic mass is 32.2. The minimum absolute atomic E-state index is 0.228. The van der Waals surface area contributed by atoms with E-state index in [0.717, 1.165) is 25.6 Å². The van der Waals surface area contributed by atoms with Gasteiger partial charge in [0.05, 0.1) is 4.92 Å². The largest absolute Gasteiger partial charge is 0.369 e. The van der Waals surface area contributed by atoms with Crippen LogP contribution in [0.5, 0.6) is 0 Å². The van der Waals surface area contributed by atoms with E-state index in [4.69, 9.17) is 0 Å². The van der Waals surface area contributed by atoms with Gasteiger partial charge in [0.25, 0.3) is 5.69 Å². The summed E-state index contributed by atoms with van der Waals surface area (Å²) in [5, 5.41) is 11.2. The number of rotatable bonds is 3. The summed E-state index contributed by atoms with van der Waals surface area (Å²) in [6.45, 7) is 5.12. The molecule has 2 atom stereocenters. The van der Waals surface area contributed by atoms with Crippen LogP contribution in [0.3, 0.4) is 0 Å². The van der Waals surface area contributed by atoms with Crippen LogP contribution in [0.4, 0.5) is 11.4 Å². The van der Waals surface area contributed by atoms with Gasteiger partial charge in [-0.1, -0.05) is 6.92 Å². The second-order valence-electron chi connectivity index (χ2n) is 5.85. The lowest BCUT2D eigenvalue weighted by atomic mass is 9.93. The van der Waals surface area contributed by atoms with Crippen molar-refractivity contribution in [1.82, 2.24) is 0 Å². The Labute approximate surface area is 124 Å².